The van der Waals surface area contributed by atoms with E-state index in [-0.39, 0.29) is 16.9 Å². The van der Waals surface area contributed by atoms with Crippen molar-refractivity contribution in [2.75, 3.05) is 11.9 Å². The van der Waals surface area contributed by atoms with Gasteiger partial charge in [-0.25, -0.2) is 13.8 Å². The van der Waals surface area contributed by atoms with Crippen LogP contribution in [0, 0.1) is 23.3 Å². The number of halogens is 5. The van der Waals surface area contributed by atoms with Gasteiger partial charge >= 0.3 is 17.8 Å². The third kappa shape index (κ3) is 8.40. The number of nitrogens with one attached hydrogen (secondary N) is 3. The van der Waals surface area contributed by atoms with Crippen LogP contribution in [-0.4, -0.2) is 58.3 Å². The van der Waals surface area contributed by atoms with Gasteiger partial charge in [0.05, 0.1) is 11.1 Å². The fourth-order valence-corrected chi connectivity index (χ4v) is 2.86. The summed E-state index contributed by atoms with van der Waals surface area (Å²) in [6, 6.07) is -0.421. The van der Waals surface area contributed by atoms with Crippen molar-refractivity contribution in [2.45, 2.75) is 31.8 Å². The zero-order valence-electron chi connectivity index (χ0n) is 19.3. The summed E-state index contributed by atoms with van der Waals surface area (Å²) in [6.07, 6.45) is 0.0388. The molecular formula is C22H19ClF4N4O7. The molecule has 0 bridgehead atoms. The van der Waals surface area contributed by atoms with Crippen LogP contribution in [0.15, 0.2) is 24.4 Å². The minimum absolute atomic E-state index is 0.0166. The highest BCUT2D eigenvalue weighted by molar-refractivity contribution is 6.40. The number of aromatic nitrogens is 1. The summed E-state index contributed by atoms with van der Waals surface area (Å²) >= 11 is 5.67. The summed E-state index contributed by atoms with van der Waals surface area (Å²) in [4.78, 5) is 63.8. The monoisotopic (exact) mass is 562 g/mol. The number of ether oxygens (including phenoxy) is 1. The van der Waals surface area contributed by atoms with Crippen molar-refractivity contribution in [3.05, 3.63) is 52.7 Å². The topological polar surface area (TPSA) is 164 Å². The molecule has 0 aliphatic carbocycles. The molecule has 0 spiro atoms. The van der Waals surface area contributed by atoms with Crippen LogP contribution in [0.4, 0.5) is 23.4 Å². The van der Waals surface area contributed by atoms with Crippen LogP contribution in [0.3, 0.4) is 0 Å². The molecule has 204 valence electrons. The molecule has 0 aliphatic rings. The summed E-state index contributed by atoms with van der Waals surface area (Å²) < 4.78 is 58.7. The third-order valence-electron chi connectivity index (χ3n) is 4.70. The predicted molar refractivity (Wildman–Crippen MR) is 121 cm³/mol. The van der Waals surface area contributed by atoms with Crippen LogP contribution >= 0.6 is 11.6 Å². The standard InChI is InChI=1S/C22H19ClF4N4O7/c1-9(29-21(36)22(37)31-15-4-2-10(23)7-28-15)20(35)30-13(3-5-16(33)34)14(32)8-38-19-17(26)11(24)6-12(25)18(19)27/h2,4,6-7,9,13H,3,5,8H2,1H3,(H,29,36)(H,30,35)(H,33,34)(H,28,31,37). The van der Waals surface area contributed by atoms with Gasteiger partial charge in [0.2, 0.25) is 17.5 Å². The first-order valence-electron chi connectivity index (χ1n) is 10.5. The van der Waals surface area contributed by atoms with Crippen molar-refractivity contribution >= 4 is 46.9 Å². The number of amides is 3. The number of rotatable bonds is 11. The predicted octanol–water partition coefficient (Wildman–Crippen LogP) is 1.73. The molecule has 1 aromatic heterocycles. The molecule has 0 aliphatic heterocycles. The molecule has 2 atom stereocenters. The molecule has 1 heterocycles. The van der Waals surface area contributed by atoms with Crippen LogP contribution in [0.1, 0.15) is 19.8 Å². The molecule has 4 N–H and O–H groups in total. The molecule has 0 fully saturated rings. The van der Waals surface area contributed by atoms with Crippen LogP contribution in [0.5, 0.6) is 5.75 Å². The van der Waals surface area contributed by atoms with Crippen LogP contribution in [0.25, 0.3) is 0 Å². The summed E-state index contributed by atoms with van der Waals surface area (Å²) in [7, 11) is 0. The van der Waals surface area contributed by atoms with E-state index in [1.807, 2.05) is 5.32 Å². The molecule has 38 heavy (non-hydrogen) atoms. The van der Waals surface area contributed by atoms with E-state index in [0.29, 0.717) is 0 Å². The van der Waals surface area contributed by atoms with Gasteiger partial charge in [-0.2, -0.15) is 8.78 Å². The van der Waals surface area contributed by atoms with Crippen LogP contribution in [0.2, 0.25) is 5.02 Å². The number of carboxylic acid groups (broad SMARTS) is 1. The minimum Gasteiger partial charge on any atom is -0.481 e. The lowest BCUT2D eigenvalue weighted by atomic mass is 10.1. The van der Waals surface area contributed by atoms with Crippen molar-refractivity contribution in [3.8, 4) is 5.75 Å². The van der Waals surface area contributed by atoms with Crippen molar-refractivity contribution in [1.29, 1.82) is 0 Å². The van der Waals surface area contributed by atoms with E-state index in [9.17, 15) is 41.5 Å². The molecule has 11 nitrogen and oxygen atoms in total. The van der Waals surface area contributed by atoms with E-state index >= 15 is 0 Å². The zero-order valence-corrected chi connectivity index (χ0v) is 20.1. The molecule has 2 rings (SSSR count). The van der Waals surface area contributed by atoms with Gasteiger partial charge in [-0.05, 0) is 25.5 Å². The number of benzene rings is 1. The SMILES string of the molecule is CC(NC(=O)C(=O)Nc1ccc(Cl)cn1)C(=O)NC(CCC(=O)O)C(=O)COc1c(F)c(F)cc(F)c1F. The quantitative estimate of drug-likeness (QED) is 0.183. The molecule has 16 heteroatoms. The Morgan fingerprint density at radius 1 is 1.03 bits per heavy atom. The lowest BCUT2D eigenvalue weighted by Gasteiger charge is -2.20. The van der Waals surface area contributed by atoms with E-state index in [1.54, 1.807) is 0 Å². The average Bonchev–Trinajstić information content (AvgIpc) is 2.86. The van der Waals surface area contributed by atoms with Gasteiger partial charge in [0.1, 0.15) is 18.5 Å². The van der Waals surface area contributed by atoms with Crippen molar-refractivity contribution in [3.63, 3.8) is 0 Å². The first-order chi connectivity index (χ1) is 17.8. The van der Waals surface area contributed by atoms with Crippen molar-refractivity contribution in [2.24, 2.45) is 0 Å². The van der Waals surface area contributed by atoms with E-state index < -0.39 is 90.0 Å². The number of carbonyl (C=O) groups is 5. The highest BCUT2D eigenvalue weighted by Gasteiger charge is 2.28. The number of aliphatic carboxylic acids is 1. The van der Waals surface area contributed by atoms with Crippen LogP contribution in [-0.2, 0) is 24.0 Å². The van der Waals surface area contributed by atoms with E-state index in [0.717, 1.165) is 6.92 Å². The Balaban J connectivity index is 2.03. The molecule has 1 aromatic carbocycles. The largest absolute Gasteiger partial charge is 0.481 e. The smallest absolute Gasteiger partial charge is 0.314 e. The normalized spacial score (nSPS) is 12.2. The van der Waals surface area contributed by atoms with E-state index in [4.69, 9.17) is 16.7 Å². The average molecular weight is 563 g/mol. The second-order valence-electron chi connectivity index (χ2n) is 7.56. The van der Waals surface area contributed by atoms with Crippen LogP contribution < -0.4 is 20.7 Å². The third-order valence-corrected chi connectivity index (χ3v) is 4.92. The maximum absolute atomic E-state index is 13.8. The molecular weight excluding hydrogens is 544 g/mol. The van der Waals surface area contributed by atoms with Gasteiger partial charge in [-0.15, -0.1) is 0 Å². The maximum Gasteiger partial charge on any atom is 0.314 e. The number of carbonyl (C=O) groups excluding carboxylic acids is 4. The number of ketones is 1. The fourth-order valence-electron chi connectivity index (χ4n) is 2.75. The minimum atomic E-state index is -1.91. The van der Waals surface area contributed by atoms with Gasteiger partial charge in [-0.3, -0.25) is 24.0 Å². The number of hydrogen-bond acceptors (Lipinski definition) is 7. The number of carboxylic acids is 1. The second kappa shape index (κ2) is 13.3. The van der Waals surface area contributed by atoms with Crippen molar-refractivity contribution < 1.29 is 51.4 Å². The number of nitrogens with zero attached hydrogens (tertiary/aromatic N) is 1. The van der Waals surface area contributed by atoms with Gasteiger partial charge in [0.25, 0.3) is 0 Å². The highest BCUT2D eigenvalue weighted by atomic mass is 35.5. The Morgan fingerprint density at radius 2 is 1.66 bits per heavy atom. The molecule has 0 saturated carbocycles. The highest BCUT2D eigenvalue weighted by Crippen LogP contribution is 2.26. The van der Waals surface area contributed by atoms with Gasteiger partial charge < -0.3 is 25.8 Å². The molecule has 0 saturated heterocycles. The summed E-state index contributed by atoms with van der Waals surface area (Å²) in [5.41, 5.74) is 0. The Labute approximate surface area is 216 Å². The molecule has 3 amide bonds. The van der Waals surface area contributed by atoms with E-state index in [1.165, 1.54) is 18.3 Å². The number of Topliss-reactive ketones (excluding diaryl/α,β-unsaturated/α-hetero) is 1. The lowest BCUT2D eigenvalue weighted by Crippen LogP contribution is -2.52. The molecule has 2 unspecified atom stereocenters. The van der Waals surface area contributed by atoms with Gasteiger partial charge in [0.15, 0.2) is 23.2 Å². The Kier molecular flexibility index (Phi) is 10.5. The molecule has 0 radical (unpaired) electrons. The maximum atomic E-state index is 13.8. The lowest BCUT2D eigenvalue weighted by molar-refractivity contribution is -0.139. The summed E-state index contributed by atoms with van der Waals surface area (Å²) in [5.74, 6) is -14.9. The van der Waals surface area contributed by atoms with E-state index in [2.05, 4.69) is 20.4 Å². The first kappa shape index (κ1) is 30.0. The fraction of sp³-hybridized carbons (Fsp3) is 0.273. The number of anilines is 1. The number of pyridine rings is 1. The van der Waals surface area contributed by atoms with Gasteiger partial charge in [0, 0.05) is 18.7 Å². The first-order valence-corrected chi connectivity index (χ1v) is 10.9. The Bertz CT molecular complexity index is 1220. The Morgan fingerprint density at radius 3 is 2.21 bits per heavy atom. The summed E-state index contributed by atoms with van der Waals surface area (Å²) in [6.45, 7) is -0.0743. The van der Waals surface area contributed by atoms with Crippen molar-refractivity contribution in [1.82, 2.24) is 15.6 Å². The summed E-state index contributed by atoms with van der Waals surface area (Å²) in [5, 5.41) is 15.5. The Hall–Kier alpha value is -4.27. The molecule has 2 aromatic rings. The van der Waals surface area contributed by atoms with Gasteiger partial charge in [-0.1, -0.05) is 11.6 Å². The second-order valence-corrected chi connectivity index (χ2v) is 7.99. The zero-order chi connectivity index (χ0) is 28.6. The number of hydrogen-bond donors (Lipinski definition) is 4.